The Morgan fingerprint density at radius 1 is 1.06 bits per heavy atom. The molecule has 168 valence electrons. The highest BCUT2D eigenvalue weighted by Gasteiger charge is 2.14. The molecule has 0 aliphatic carbocycles. The molecule has 0 fully saturated rings. The molecule has 0 bridgehead atoms. The van der Waals surface area contributed by atoms with Crippen LogP contribution < -0.4 is 5.32 Å². The Kier molecular flexibility index (Phi) is 5.79. The normalized spacial score (nSPS) is 10.9. The number of hydrogen-bond acceptors (Lipinski definition) is 7. The lowest BCUT2D eigenvalue weighted by atomic mass is 10.2. The van der Waals surface area contributed by atoms with E-state index in [1.54, 1.807) is 48.1 Å². The van der Waals surface area contributed by atoms with Crippen molar-refractivity contribution in [1.82, 2.24) is 19.9 Å². The van der Waals surface area contributed by atoms with Crippen molar-refractivity contribution in [2.24, 2.45) is 0 Å². The second kappa shape index (κ2) is 9.20. The summed E-state index contributed by atoms with van der Waals surface area (Å²) in [4.78, 5) is 40.7. The molecular formula is C24H16FN5O3S. The fourth-order valence-corrected chi connectivity index (χ4v) is 3.97. The zero-order valence-corrected chi connectivity index (χ0v) is 18.3. The number of aromatic nitrogens is 4. The van der Waals surface area contributed by atoms with Crippen molar-refractivity contribution in [3.63, 3.8) is 0 Å². The van der Waals surface area contributed by atoms with E-state index in [-0.39, 0.29) is 11.4 Å². The van der Waals surface area contributed by atoms with Gasteiger partial charge in [0.25, 0.3) is 5.91 Å². The third kappa shape index (κ3) is 4.66. The average molecular weight is 473 g/mol. The van der Waals surface area contributed by atoms with E-state index in [4.69, 9.17) is 4.74 Å². The van der Waals surface area contributed by atoms with Crippen molar-refractivity contribution < 1.29 is 18.7 Å². The molecule has 0 atom stereocenters. The topological polar surface area (TPSA) is 110 Å². The lowest BCUT2D eigenvalue weighted by molar-refractivity contribution is -0.119. The molecular weight excluding hydrogens is 457 g/mol. The van der Waals surface area contributed by atoms with Crippen molar-refractivity contribution in [1.29, 1.82) is 0 Å². The van der Waals surface area contributed by atoms with Gasteiger partial charge in [-0.3, -0.25) is 15.1 Å². The Balaban J connectivity index is 1.20. The number of fused-ring (bicyclic) bond motifs is 1. The first-order valence-electron chi connectivity index (χ1n) is 10.1. The maximum Gasteiger partial charge on any atom is 0.338 e. The molecule has 0 radical (unpaired) electrons. The van der Waals surface area contributed by atoms with Gasteiger partial charge in [0.1, 0.15) is 11.6 Å². The first kappa shape index (κ1) is 21.4. The van der Waals surface area contributed by atoms with Crippen LogP contribution in [-0.4, -0.2) is 38.4 Å². The predicted molar refractivity (Wildman–Crippen MR) is 126 cm³/mol. The van der Waals surface area contributed by atoms with Crippen LogP contribution in [0.4, 0.5) is 9.52 Å². The van der Waals surface area contributed by atoms with E-state index in [9.17, 15) is 14.0 Å². The molecule has 8 nitrogen and oxygen atoms in total. The zero-order valence-electron chi connectivity index (χ0n) is 17.5. The number of esters is 1. The number of carbonyl (C=O) groups excluding carboxylic acids is 2. The van der Waals surface area contributed by atoms with Crippen LogP contribution in [0.1, 0.15) is 10.4 Å². The molecule has 5 aromatic rings. The molecule has 0 unspecified atom stereocenters. The molecule has 0 aliphatic heterocycles. The third-order valence-corrected chi connectivity index (χ3v) is 5.64. The minimum atomic E-state index is -0.638. The summed E-state index contributed by atoms with van der Waals surface area (Å²) >= 11 is 1.22. The summed E-state index contributed by atoms with van der Waals surface area (Å²) in [5.74, 6) is -0.859. The number of rotatable bonds is 6. The minimum Gasteiger partial charge on any atom is -0.452 e. The number of H-pyrrole nitrogens is 1. The number of pyridine rings is 1. The SMILES string of the molecule is O=C(COC(=O)c1ccc2nc(-c3cccnc3)[nH]c2c1)Nc1nc(-c2ccc(F)cc2)cs1. The van der Waals surface area contributed by atoms with Gasteiger partial charge in [-0.25, -0.2) is 19.2 Å². The number of thiazole rings is 1. The number of anilines is 1. The van der Waals surface area contributed by atoms with Gasteiger partial charge in [-0.15, -0.1) is 11.3 Å². The number of hydrogen-bond donors (Lipinski definition) is 2. The van der Waals surface area contributed by atoms with Gasteiger partial charge in [0.15, 0.2) is 11.7 Å². The number of aromatic amines is 1. The van der Waals surface area contributed by atoms with Crippen LogP contribution in [0, 0.1) is 5.82 Å². The van der Waals surface area contributed by atoms with Gasteiger partial charge in [0.2, 0.25) is 0 Å². The summed E-state index contributed by atoms with van der Waals surface area (Å²) in [5, 5.41) is 4.69. The van der Waals surface area contributed by atoms with Crippen LogP contribution in [-0.2, 0) is 9.53 Å². The number of amides is 1. The van der Waals surface area contributed by atoms with Crippen LogP contribution in [0.5, 0.6) is 0 Å². The number of benzene rings is 2. The standard InChI is InChI=1S/C24H16FN5O3S/c25-17-6-3-14(4-7-17)20-13-34-24(29-20)30-21(31)12-33-23(32)15-5-8-18-19(10-15)28-22(27-18)16-2-1-9-26-11-16/h1-11,13H,12H2,(H,27,28)(H,29,30,31). The largest absolute Gasteiger partial charge is 0.452 e. The lowest BCUT2D eigenvalue weighted by Crippen LogP contribution is -2.20. The van der Waals surface area contributed by atoms with Gasteiger partial charge in [-0.2, -0.15) is 0 Å². The maximum atomic E-state index is 13.1. The molecule has 3 aromatic heterocycles. The Morgan fingerprint density at radius 2 is 1.91 bits per heavy atom. The highest BCUT2D eigenvalue weighted by Crippen LogP contribution is 2.25. The molecule has 34 heavy (non-hydrogen) atoms. The van der Waals surface area contributed by atoms with Crippen molar-refractivity contribution in [3.8, 4) is 22.6 Å². The van der Waals surface area contributed by atoms with Gasteiger partial charge in [-0.1, -0.05) is 0 Å². The van der Waals surface area contributed by atoms with Gasteiger partial charge in [-0.05, 0) is 54.6 Å². The second-order valence-corrected chi connectivity index (χ2v) is 8.09. The molecule has 2 aromatic carbocycles. The fourth-order valence-electron chi connectivity index (χ4n) is 3.23. The first-order chi connectivity index (χ1) is 16.5. The van der Waals surface area contributed by atoms with E-state index < -0.39 is 18.5 Å². The highest BCUT2D eigenvalue weighted by molar-refractivity contribution is 7.14. The van der Waals surface area contributed by atoms with Crippen LogP contribution in [0.25, 0.3) is 33.7 Å². The number of nitrogens with one attached hydrogen (secondary N) is 2. The molecule has 2 N–H and O–H groups in total. The van der Waals surface area contributed by atoms with Gasteiger partial charge < -0.3 is 9.72 Å². The van der Waals surface area contributed by atoms with E-state index in [1.165, 1.54) is 23.5 Å². The molecule has 3 heterocycles. The number of halogens is 1. The van der Waals surface area contributed by atoms with E-state index in [0.717, 1.165) is 11.1 Å². The van der Waals surface area contributed by atoms with Crippen molar-refractivity contribution in [2.45, 2.75) is 0 Å². The summed E-state index contributed by atoms with van der Waals surface area (Å²) in [5.41, 5.74) is 3.79. The smallest absolute Gasteiger partial charge is 0.338 e. The van der Waals surface area contributed by atoms with Crippen molar-refractivity contribution in [3.05, 3.63) is 83.8 Å². The van der Waals surface area contributed by atoms with Crippen molar-refractivity contribution in [2.75, 3.05) is 11.9 Å². The number of ether oxygens (including phenoxy) is 1. The average Bonchev–Trinajstić information content (AvgIpc) is 3.50. The van der Waals surface area contributed by atoms with E-state index in [2.05, 4.69) is 25.3 Å². The van der Waals surface area contributed by atoms with Crippen LogP contribution in [0.3, 0.4) is 0 Å². The Hall–Kier alpha value is -4.44. The molecule has 0 saturated carbocycles. The minimum absolute atomic E-state index is 0.287. The summed E-state index contributed by atoms with van der Waals surface area (Å²) in [6, 6.07) is 14.5. The number of imidazole rings is 1. The first-order valence-corrected chi connectivity index (χ1v) is 11.0. The lowest BCUT2D eigenvalue weighted by Gasteiger charge is -2.05. The summed E-state index contributed by atoms with van der Waals surface area (Å²) in [7, 11) is 0. The fraction of sp³-hybridized carbons (Fsp3) is 0.0417. The Morgan fingerprint density at radius 3 is 2.71 bits per heavy atom. The molecule has 0 saturated heterocycles. The molecule has 10 heteroatoms. The van der Waals surface area contributed by atoms with E-state index in [1.807, 2.05) is 12.1 Å². The summed E-state index contributed by atoms with van der Waals surface area (Å²) < 4.78 is 18.2. The van der Waals surface area contributed by atoms with Crippen molar-refractivity contribution >= 4 is 39.4 Å². The molecule has 0 spiro atoms. The van der Waals surface area contributed by atoms with Crippen LogP contribution >= 0.6 is 11.3 Å². The van der Waals surface area contributed by atoms with Gasteiger partial charge >= 0.3 is 5.97 Å². The van der Waals surface area contributed by atoms with E-state index >= 15 is 0 Å². The zero-order chi connectivity index (χ0) is 23.5. The van der Waals surface area contributed by atoms with E-state index in [0.29, 0.717) is 27.7 Å². The number of nitrogens with zero attached hydrogens (tertiary/aromatic N) is 3. The van der Waals surface area contributed by atoms with Crippen LogP contribution in [0.2, 0.25) is 0 Å². The number of carbonyl (C=O) groups is 2. The molecule has 5 rings (SSSR count). The van der Waals surface area contributed by atoms with Gasteiger partial charge in [0.05, 0.1) is 22.3 Å². The second-order valence-electron chi connectivity index (χ2n) is 7.23. The molecule has 1 amide bonds. The summed E-state index contributed by atoms with van der Waals surface area (Å²) in [6.45, 7) is -0.466. The highest BCUT2D eigenvalue weighted by atomic mass is 32.1. The van der Waals surface area contributed by atoms with Crippen LogP contribution in [0.15, 0.2) is 72.4 Å². The predicted octanol–water partition coefficient (Wildman–Crippen LogP) is 4.68. The molecule has 0 aliphatic rings. The monoisotopic (exact) mass is 473 g/mol. The maximum absolute atomic E-state index is 13.1. The quantitative estimate of drug-likeness (QED) is 0.347. The van der Waals surface area contributed by atoms with Gasteiger partial charge in [0, 0.05) is 28.9 Å². The Bertz CT molecular complexity index is 1480. The third-order valence-electron chi connectivity index (χ3n) is 4.88. The summed E-state index contributed by atoms with van der Waals surface area (Å²) in [6.07, 6.45) is 3.37. The Labute approximate surface area is 196 Å².